The third kappa shape index (κ3) is 4.20. The molecular formula is C23H31N3O2. The van der Waals surface area contributed by atoms with E-state index in [2.05, 4.69) is 34.6 Å². The van der Waals surface area contributed by atoms with Gasteiger partial charge in [-0.3, -0.25) is 9.78 Å². The van der Waals surface area contributed by atoms with Crippen LogP contribution >= 0.6 is 0 Å². The highest BCUT2D eigenvalue weighted by Crippen LogP contribution is 2.25. The molecule has 1 aromatic heterocycles. The fraction of sp³-hybridized carbons (Fsp3) is 0.565. The number of rotatable bonds is 5. The molecule has 28 heavy (non-hydrogen) atoms. The quantitative estimate of drug-likeness (QED) is 0.865. The normalized spacial score (nSPS) is 23.6. The lowest BCUT2D eigenvalue weighted by molar-refractivity contribution is -0.135. The molecule has 5 nitrogen and oxygen atoms in total. The Morgan fingerprint density at radius 3 is 2.79 bits per heavy atom. The number of hydrogen-bond donors (Lipinski definition) is 1. The van der Waals surface area contributed by atoms with Gasteiger partial charge in [-0.2, -0.15) is 0 Å². The summed E-state index contributed by atoms with van der Waals surface area (Å²) < 4.78 is 5.84. The second-order valence-corrected chi connectivity index (χ2v) is 8.52. The molecule has 0 bridgehead atoms. The number of likely N-dealkylation sites (tertiary alicyclic amines) is 1. The predicted molar refractivity (Wildman–Crippen MR) is 111 cm³/mol. The predicted octanol–water partition coefficient (Wildman–Crippen LogP) is 3.03. The molecule has 0 spiro atoms. The number of nitrogens with one attached hydrogen (secondary N) is 1. The molecule has 1 aromatic carbocycles. The Balaban J connectivity index is 1.36. The second kappa shape index (κ2) is 8.58. The smallest absolute Gasteiger partial charge is 0.225 e. The first-order valence-corrected chi connectivity index (χ1v) is 10.6. The van der Waals surface area contributed by atoms with E-state index in [1.54, 1.807) is 0 Å². The van der Waals surface area contributed by atoms with Crippen molar-refractivity contribution in [3.05, 3.63) is 42.1 Å². The number of amides is 1. The Kier molecular flexibility index (Phi) is 5.93. The zero-order chi connectivity index (χ0) is 19.5. The highest BCUT2D eigenvalue weighted by molar-refractivity contribution is 5.81. The van der Waals surface area contributed by atoms with Crippen LogP contribution in [0.2, 0.25) is 0 Å². The summed E-state index contributed by atoms with van der Waals surface area (Å²) in [5, 5.41) is 5.09. The first kappa shape index (κ1) is 19.3. The van der Waals surface area contributed by atoms with Crippen LogP contribution in [0.3, 0.4) is 0 Å². The van der Waals surface area contributed by atoms with E-state index in [1.165, 1.54) is 10.9 Å². The molecule has 2 aromatic rings. The largest absolute Gasteiger partial charge is 0.379 e. The Bertz CT molecular complexity index is 809. The van der Waals surface area contributed by atoms with Gasteiger partial charge >= 0.3 is 0 Å². The van der Waals surface area contributed by atoms with Crippen molar-refractivity contribution in [2.24, 2.45) is 11.8 Å². The minimum Gasteiger partial charge on any atom is -0.379 e. The Morgan fingerprint density at radius 1 is 1.21 bits per heavy atom. The number of benzene rings is 1. The van der Waals surface area contributed by atoms with Crippen LogP contribution in [0.15, 0.2) is 36.5 Å². The van der Waals surface area contributed by atoms with Crippen molar-refractivity contribution >= 4 is 16.8 Å². The first-order valence-electron chi connectivity index (χ1n) is 10.6. The zero-order valence-corrected chi connectivity index (χ0v) is 16.9. The van der Waals surface area contributed by atoms with E-state index in [1.807, 2.05) is 31.0 Å². The lowest BCUT2D eigenvalue weighted by atomic mass is 9.92. The number of fused-ring (bicyclic) bond motifs is 1. The van der Waals surface area contributed by atoms with E-state index < -0.39 is 0 Å². The summed E-state index contributed by atoms with van der Waals surface area (Å²) in [6.07, 6.45) is 4.97. The van der Waals surface area contributed by atoms with Crippen LogP contribution in [0, 0.1) is 11.8 Å². The second-order valence-electron chi connectivity index (χ2n) is 8.52. The standard InChI is InChI=1S/C23H31N3O2/c1-16(2)23(27)26-11-8-19(9-12-26)25-22-15-28-14-18(22)13-17-7-10-24-21-6-4-3-5-20(17)21/h3-7,10,16,18-19,22,25H,8-9,11-15H2,1-2H3/t18-,22+/m1/s1. The van der Waals surface area contributed by atoms with Crippen molar-refractivity contribution in [1.29, 1.82) is 0 Å². The third-order valence-electron chi connectivity index (χ3n) is 6.17. The highest BCUT2D eigenvalue weighted by Gasteiger charge is 2.32. The van der Waals surface area contributed by atoms with Gasteiger partial charge in [-0.1, -0.05) is 32.0 Å². The molecule has 5 heteroatoms. The molecule has 150 valence electrons. The van der Waals surface area contributed by atoms with E-state index in [4.69, 9.17) is 4.74 Å². The number of piperidine rings is 1. The number of carbonyl (C=O) groups excluding carboxylic acids is 1. The van der Waals surface area contributed by atoms with Crippen molar-refractivity contribution in [3.8, 4) is 0 Å². The summed E-state index contributed by atoms with van der Waals surface area (Å²) in [5.41, 5.74) is 2.41. The van der Waals surface area contributed by atoms with E-state index in [-0.39, 0.29) is 11.8 Å². The molecule has 1 amide bonds. The minimum atomic E-state index is 0.0901. The van der Waals surface area contributed by atoms with E-state index >= 15 is 0 Å². The number of para-hydroxylation sites is 1. The fourth-order valence-electron chi connectivity index (χ4n) is 4.53. The average molecular weight is 382 g/mol. The van der Waals surface area contributed by atoms with Gasteiger partial charge in [-0.25, -0.2) is 0 Å². The number of carbonyl (C=O) groups is 1. The number of pyridine rings is 1. The molecule has 2 atom stereocenters. The Morgan fingerprint density at radius 2 is 2.00 bits per heavy atom. The van der Waals surface area contributed by atoms with Crippen LogP contribution in [0.5, 0.6) is 0 Å². The summed E-state index contributed by atoms with van der Waals surface area (Å²) in [5.74, 6) is 0.846. The van der Waals surface area contributed by atoms with Crippen molar-refractivity contribution in [2.45, 2.75) is 45.2 Å². The molecular weight excluding hydrogens is 350 g/mol. The maximum Gasteiger partial charge on any atom is 0.225 e. The lowest BCUT2D eigenvalue weighted by Gasteiger charge is -2.35. The highest BCUT2D eigenvalue weighted by atomic mass is 16.5. The summed E-state index contributed by atoms with van der Waals surface area (Å²) in [6.45, 7) is 7.27. The molecule has 2 aliphatic heterocycles. The zero-order valence-electron chi connectivity index (χ0n) is 16.9. The van der Waals surface area contributed by atoms with Gasteiger partial charge in [0.2, 0.25) is 5.91 Å². The molecule has 0 unspecified atom stereocenters. The molecule has 2 fully saturated rings. The van der Waals surface area contributed by atoms with Gasteiger partial charge in [0.05, 0.1) is 18.7 Å². The summed E-state index contributed by atoms with van der Waals surface area (Å²) in [7, 11) is 0. The van der Waals surface area contributed by atoms with Crippen molar-refractivity contribution in [2.75, 3.05) is 26.3 Å². The van der Waals surface area contributed by atoms with Gasteiger partial charge in [-0.15, -0.1) is 0 Å². The lowest BCUT2D eigenvalue weighted by Crippen LogP contribution is -2.50. The molecule has 0 saturated carbocycles. The minimum absolute atomic E-state index is 0.0901. The molecule has 1 N–H and O–H groups in total. The van der Waals surface area contributed by atoms with Gasteiger partial charge in [0, 0.05) is 48.6 Å². The van der Waals surface area contributed by atoms with Crippen LogP contribution in [0.4, 0.5) is 0 Å². The van der Waals surface area contributed by atoms with Crippen molar-refractivity contribution in [3.63, 3.8) is 0 Å². The number of hydrogen-bond acceptors (Lipinski definition) is 4. The van der Waals surface area contributed by atoms with Crippen molar-refractivity contribution in [1.82, 2.24) is 15.2 Å². The SMILES string of the molecule is CC(C)C(=O)N1CCC(N[C@H]2COC[C@H]2Cc2ccnc3ccccc23)CC1. The van der Waals surface area contributed by atoms with Crippen LogP contribution in [-0.4, -0.2) is 54.2 Å². The van der Waals surface area contributed by atoms with Gasteiger partial charge in [0.15, 0.2) is 0 Å². The number of aromatic nitrogens is 1. The fourth-order valence-corrected chi connectivity index (χ4v) is 4.53. The van der Waals surface area contributed by atoms with Gasteiger partial charge in [-0.05, 0) is 37.0 Å². The molecule has 2 saturated heterocycles. The molecule has 3 heterocycles. The first-order chi connectivity index (χ1) is 13.6. The van der Waals surface area contributed by atoms with Gasteiger partial charge < -0.3 is 15.0 Å². The molecule has 0 aliphatic carbocycles. The molecule has 2 aliphatic rings. The molecule has 4 rings (SSSR count). The van der Waals surface area contributed by atoms with Crippen LogP contribution < -0.4 is 5.32 Å². The summed E-state index contributed by atoms with van der Waals surface area (Å²) in [6, 6.07) is 11.4. The Hall–Kier alpha value is -1.98. The number of ether oxygens (including phenoxy) is 1. The number of nitrogens with zero attached hydrogens (tertiary/aromatic N) is 2. The average Bonchev–Trinajstić information content (AvgIpc) is 3.15. The van der Waals surface area contributed by atoms with Crippen molar-refractivity contribution < 1.29 is 9.53 Å². The van der Waals surface area contributed by atoms with Gasteiger partial charge in [0.1, 0.15) is 0 Å². The maximum atomic E-state index is 12.2. The third-order valence-corrected chi connectivity index (χ3v) is 6.17. The van der Waals surface area contributed by atoms with Crippen LogP contribution in [0.1, 0.15) is 32.3 Å². The van der Waals surface area contributed by atoms with E-state index in [0.717, 1.165) is 51.1 Å². The monoisotopic (exact) mass is 381 g/mol. The topological polar surface area (TPSA) is 54.5 Å². The van der Waals surface area contributed by atoms with E-state index in [0.29, 0.717) is 18.0 Å². The maximum absolute atomic E-state index is 12.2. The Labute approximate surface area is 167 Å². The van der Waals surface area contributed by atoms with Crippen LogP contribution in [-0.2, 0) is 16.0 Å². The van der Waals surface area contributed by atoms with Crippen LogP contribution in [0.25, 0.3) is 10.9 Å². The van der Waals surface area contributed by atoms with E-state index in [9.17, 15) is 4.79 Å². The summed E-state index contributed by atoms with van der Waals surface area (Å²) >= 11 is 0. The van der Waals surface area contributed by atoms with Gasteiger partial charge in [0.25, 0.3) is 0 Å². The molecule has 0 radical (unpaired) electrons. The summed E-state index contributed by atoms with van der Waals surface area (Å²) in [4.78, 5) is 18.7.